The average Bonchev–Trinajstić information content (AvgIpc) is 2.42. The molecule has 0 bridgehead atoms. The summed E-state index contributed by atoms with van der Waals surface area (Å²) < 4.78 is 1.81. The number of aryl methyl sites for hydroxylation is 2. The van der Waals surface area contributed by atoms with Crippen LogP contribution in [-0.2, 0) is 24.7 Å². The number of fused-ring (bicyclic) bond motifs is 1. The molecule has 1 aliphatic carbocycles. The van der Waals surface area contributed by atoms with Crippen LogP contribution in [0.25, 0.3) is 0 Å². The summed E-state index contributed by atoms with van der Waals surface area (Å²) in [6.45, 7) is 0. The SMILES string of the molecule is Cn1cc2c(n1)CCC(CC(=O)O)C2. The predicted molar refractivity (Wildman–Crippen MR) is 51.0 cm³/mol. The molecule has 0 saturated heterocycles. The van der Waals surface area contributed by atoms with E-state index in [2.05, 4.69) is 5.10 Å². The highest BCUT2D eigenvalue weighted by Crippen LogP contribution is 2.26. The number of rotatable bonds is 2. The molecule has 1 heterocycles. The Morgan fingerprint density at radius 1 is 1.79 bits per heavy atom. The fourth-order valence-electron chi connectivity index (χ4n) is 2.14. The second kappa shape index (κ2) is 3.44. The van der Waals surface area contributed by atoms with Crippen LogP contribution in [0.1, 0.15) is 24.1 Å². The molecule has 0 spiro atoms. The van der Waals surface area contributed by atoms with Crippen molar-refractivity contribution in [2.75, 3.05) is 0 Å². The van der Waals surface area contributed by atoms with Gasteiger partial charge in [0, 0.05) is 19.7 Å². The van der Waals surface area contributed by atoms with E-state index in [1.54, 1.807) is 0 Å². The molecule has 1 aliphatic rings. The van der Waals surface area contributed by atoms with Crippen LogP contribution < -0.4 is 0 Å². The Morgan fingerprint density at radius 2 is 2.57 bits per heavy atom. The number of aliphatic carboxylic acids is 1. The van der Waals surface area contributed by atoms with E-state index in [0.29, 0.717) is 5.92 Å². The van der Waals surface area contributed by atoms with Crippen molar-refractivity contribution < 1.29 is 9.90 Å². The van der Waals surface area contributed by atoms with E-state index in [-0.39, 0.29) is 6.42 Å². The van der Waals surface area contributed by atoms with E-state index in [4.69, 9.17) is 5.11 Å². The van der Waals surface area contributed by atoms with Crippen molar-refractivity contribution in [2.45, 2.75) is 25.7 Å². The molecule has 1 atom stereocenters. The maximum absolute atomic E-state index is 10.6. The Morgan fingerprint density at radius 3 is 3.29 bits per heavy atom. The largest absolute Gasteiger partial charge is 0.481 e. The van der Waals surface area contributed by atoms with Crippen molar-refractivity contribution in [2.24, 2.45) is 13.0 Å². The monoisotopic (exact) mass is 194 g/mol. The van der Waals surface area contributed by atoms with Gasteiger partial charge in [0.15, 0.2) is 0 Å². The number of nitrogens with zero attached hydrogens (tertiary/aromatic N) is 2. The Kier molecular flexibility index (Phi) is 2.27. The van der Waals surface area contributed by atoms with Crippen LogP contribution in [0.5, 0.6) is 0 Å². The van der Waals surface area contributed by atoms with E-state index in [9.17, 15) is 4.79 Å². The van der Waals surface area contributed by atoms with E-state index in [0.717, 1.165) is 25.0 Å². The molecule has 2 rings (SSSR count). The van der Waals surface area contributed by atoms with Gasteiger partial charge < -0.3 is 5.11 Å². The van der Waals surface area contributed by atoms with Crippen molar-refractivity contribution >= 4 is 5.97 Å². The van der Waals surface area contributed by atoms with Crippen LogP contribution in [-0.4, -0.2) is 20.9 Å². The van der Waals surface area contributed by atoms with Crippen LogP contribution in [0.2, 0.25) is 0 Å². The molecule has 4 nitrogen and oxygen atoms in total. The standard InChI is InChI=1S/C10H14N2O2/c1-12-6-8-4-7(5-10(13)14)2-3-9(8)11-12/h6-7H,2-5H2,1H3,(H,13,14). The van der Waals surface area contributed by atoms with Crippen molar-refractivity contribution in [1.29, 1.82) is 0 Å². The van der Waals surface area contributed by atoms with Gasteiger partial charge in [-0.25, -0.2) is 0 Å². The maximum atomic E-state index is 10.6. The van der Waals surface area contributed by atoms with Crippen LogP contribution in [0.3, 0.4) is 0 Å². The molecule has 1 unspecified atom stereocenters. The van der Waals surface area contributed by atoms with Crippen molar-refractivity contribution in [3.8, 4) is 0 Å². The molecule has 0 amide bonds. The van der Waals surface area contributed by atoms with Gasteiger partial charge in [0.05, 0.1) is 5.69 Å². The Hall–Kier alpha value is -1.32. The van der Waals surface area contributed by atoms with Crippen LogP contribution >= 0.6 is 0 Å². The van der Waals surface area contributed by atoms with Gasteiger partial charge in [-0.2, -0.15) is 5.10 Å². The molecule has 0 radical (unpaired) electrons. The van der Waals surface area contributed by atoms with Gasteiger partial charge in [0.2, 0.25) is 0 Å². The molecule has 4 heteroatoms. The summed E-state index contributed by atoms with van der Waals surface area (Å²) in [6.07, 6.45) is 5.04. The molecule has 0 fully saturated rings. The van der Waals surface area contributed by atoms with Crippen LogP contribution in [0, 0.1) is 5.92 Å². The number of aromatic nitrogens is 2. The molecule has 1 N–H and O–H groups in total. The molecule has 0 aromatic carbocycles. The second-order valence-corrected chi connectivity index (χ2v) is 3.98. The first-order valence-corrected chi connectivity index (χ1v) is 4.88. The minimum atomic E-state index is -0.692. The number of carboxylic acid groups (broad SMARTS) is 1. The lowest BCUT2D eigenvalue weighted by Crippen LogP contribution is -2.16. The van der Waals surface area contributed by atoms with E-state index in [1.165, 1.54) is 5.56 Å². The van der Waals surface area contributed by atoms with Crippen molar-refractivity contribution in [1.82, 2.24) is 9.78 Å². The van der Waals surface area contributed by atoms with Gasteiger partial charge in [-0.3, -0.25) is 9.48 Å². The molecular formula is C10H14N2O2. The lowest BCUT2D eigenvalue weighted by Gasteiger charge is -2.18. The van der Waals surface area contributed by atoms with Gasteiger partial charge in [0.1, 0.15) is 0 Å². The number of hydrogen-bond donors (Lipinski definition) is 1. The highest BCUT2D eigenvalue weighted by Gasteiger charge is 2.22. The minimum Gasteiger partial charge on any atom is -0.481 e. The normalized spacial score (nSPS) is 20.5. The van der Waals surface area contributed by atoms with E-state index < -0.39 is 5.97 Å². The fraction of sp³-hybridized carbons (Fsp3) is 0.600. The summed E-state index contributed by atoms with van der Waals surface area (Å²) in [7, 11) is 1.91. The van der Waals surface area contributed by atoms with E-state index in [1.807, 2.05) is 17.9 Å². The molecule has 1 aromatic heterocycles. The maximum Gasteiger partial charge on any atom is 0.303 e. The molecule has 0 aliphatic heterocycles. The summed E-state index contributed by atoms with van der Waals surface area (Å²) in [6, 6.07) is 0. The molecule has 1 aromatic rings. The lowest BCUT2D eigenvalue weighted by molar-refractivity contribution is -0.138. The first-order valence-electron chi connectivity index (χ1n) is 4.88. The topological polar surface area (TPSA) is 55.1 Å². The lowest BCUT2D eigenvalue weighted by atomic mass is 9.86. The smallest absolute Gasteiger partial charge is 0.303 e. The first-order chi connectivity index (χ1) is 6.65. The minimum absolute atomic E-state index is 0.286. The summed E-state index contributed by atoms with van der Waals surface area (Å²) in [5, 5.41) is 13.0. The van der Waals surface area contributed by atoms with Crippen molar-refractivity contribution in [3.05, 3.63) is 17.5 Å². The first kappa shape index (κ1) is 9.24. The zero-order valence-electron chi connectivity index (χ0n) is 8.23. The highest BCUT2D eigenvalue weighted by molar-refractivity contribution is 5.67. The van der Waals surface area contributed by atoms with Gasteiger partial charge in [-0.1, -0.05) is 0 Å². The summed E-state index contributed by atoms with van der Waals surface area (Å²) in [5.41, 5.74) is 2.37. The summed E-state index contributed by atoms with van der Waals surface area (Å²) in [4.78, 5) is 10.6. The molecular weight excluding hydrogens is 180 g/mol. The fourth-order valence-corrected chi connectivity index (χ4v) is 2.14. The number of hydrogen-bond acceptors (Lipinski definition) is 2. The second-order valence-electron chi connectivity index (χ2n) is 3.98. The highest BCUT2D eigenvalue weighted by atomic mass is 16.4. The summed E-state index contributed by atoms with van der Waals surface area (Å²) in [5.74, 6) is -0.397. The Labute approximate surface area is 82.5 Å². The van der Waals surface area contributed by atoms with Gasteiger partial charge in [0.25, 0.3) is 0 Å². The third-order valence-corrected chi connectivity index (χ3v) is 2.75. The van der Waals surface area contributed by atoms with Crippen molar-refractivity contribution in [3.63, 3.8) is 0 Å². The molecule has 0 saturated carbocycles. The van der Waals surface area contributed by atoms with Gasteiger partial charge >= 0.3 is 5.97 Å². The number of carbonyl (C=O) groups is 1. The van der Waals surface area contributed by atoms with Crippen LogP contribution in [0.15, 0.2) is 6.20 Å². The average molecular weight is 194 g/mol. The third kappa shape index (κ3) is 1.78. The number of carboxylic acids is 1. The van der Waals surface area contributed by atoms with E-state index >= 15 is 0 Å². The molecule has 14 heavy (non-hydrogen) atoms. The van der Waals surface area contributed by atoms with Crippen LogP contribution in [0.4, 0.5) is 0 Å². The van der Waals surface area contributed by atoms with Gasteiger partial charge in [-0.05, 0) is 30.7 Å². The zero-order chi connectivity index (χ0) is 10.1. The zero-order valence-corrected chi connectivity index (χ0v) is 8.23. The predicted octanol–water partition coefficient (Wildman–Crippen LogP) is 1.000. The Balaban J connectivity index is 2.09. The van der Waals surface area contributed by atoms with Gasteiger partial charge in [-0.15, -0.1) is 0 Å². The third-order valence-electron chi connectivity index (χ3n) is 2.75. The Bertz CT molecular complexity index is 357. The summed E-state index contributed by atoms with van der Waals surface area (Å²) >= 11 is 0. The molecule has 76 valence electrons. The quantitative estimate of drug-likeness (QED) is 0.764.